The standard InChI is InChI=1S/C8H11NO3S/c1-3-12-8-9-4-6(5-13-8)7(10)11-2/h4H,3,5H2,1-2H3. The van der Waals surface area contributed by atoms with Gasteiger partial charge in [0.2, 0.25) is 0 Å². The van der Waals surface area contributed by atoms with Crippen LogP contribution in [0.1, 0.15) is 6.92 Å². The van der Waals surface area contributed by atoms with Crippen LogP contribution >= 0.6 is 11.8 Å². The first kappa shape index (κ1) is 10.1. The van der Waals surface area contributed by atoms with Gasteiger partial charge in [0, 0.05) is 12.0 Å². The van der Waals surface area contributed by atoms with Crippen LogP contribution < -0.4 is 0 Å². The van der Waals surface area contributed by atoms with Crippen LogP contribution in [0.25, 0.3) is 0 Å². The lowest BCUT2D eigenvalue weighted by Crippen LogP contribution is -2.12. The first-order chi connectivity index (χ1) is 6.27. The van der Waals surface area contributed by atoms with Gasteiger partial charge in [0.25, 0.3) is 5.23 Å². The summed E-state index contributed by atoms with van der Waals surface area (Å²) in [6, 6.07) is 0. The third-order valence-corrected chi connectivity index (χ3v) is 2.32. The van der Waals surface area contributed by atoms with Gasteiger partial charge in [0.05, 0.1) is 19.3 Å². The van der Waals surface area contributed by atoms with Gasteiger partial charge >= 0.3 is 5.97 Å². The lowest BCUT2D eigenvalue weighted by Gasteiger charge is -2.10. The molecule has 1 heterocycles. The van der Waals surface area contributed by atoms with Crippen LogP contribution in [0.4, 0.5) is 0 Å². The highest BCUT2D eigenvalue weighted by Gasteiger charge is 2.15. The number of thioether (sulfide) groups is 1. The molecular weight excluding hydrogens is 190 g/mol. The molecule has 1 aliphatic rings. The Labute approximate surface area is 81.0 Å². The van der Waals surface area contributed by atoms with Gasteiger partial charge in [-0.1, -0.05) is 11.8 Å². The summed E-state index contributed by atoms with van der Waals surface area (Å²) in [6.45, 7) is 2.48. The first-order valence-corrected chi connectivity index (χ1v) is 4.87. The number of carbonyl (C=O) groups is 1. The molecule has 0 saturated carbocycles. The van der Waals surface area contributed by atoms with E-state index in [-0.39, 0.29) is 5.97 Å². The van der Waals surface area contributed by atoms with E-state index in [1.165, 1.54) is 25.1 Å². The van der Waals surface area contributed by atoms with Crippen molar-refractivity contribution in [2.45, 2.75) is 6.92 Å². The number of hydrogen-bond acceptors (Lipinski definition) is 5. The van der Waals surface area contributed by atoms with Gasteiger partial charge < -0.3 is 9.47 Å². The molecule has 72 valence electrons. The molecule has 1 rings (SSSR count). The molecule has 4 nitrogen and oxygen atoms in total. The molecule has 0 bridgehead atoms. The van der Waals surface area contributed by atoms with Gasteiger partial charge in [-0.25, -0.2) is 9.79 Å². The van der Waals surface area contributed by atoms with E-state index in [0.29, 0.717) is 23.2 Å². The number of aliphatic imine (C=N–C) groups is 1. The van der Waals surface area contributed by atoms with Crippen LogP contribution in [0.15, 0.2) is 16.8 Å². The Morgan fingerprint density at radius 1 is 1.77 bits per heavy atom. The molecule has 0 saturated heterocycles. The number of ether oxygens (including phenoxy) is 2. The lowest BCUT2D eigenvalue weighted by atomic mass is 10.3. The van der Waals surface area contributed by atoms with Crippen molar-refractivity contribution in [3.63, 3.8) is 0 Å². The second kappa shape index (κ2) is 4.91. The Bertz CT molecular complexity index is 260. The largest absolute Gasteiger partial charge is 0.473 e. The molecule has 0 spiro atoms. The smallest absolute Gasteiger partial charge is 0.336 e. The Balaban J connectivity index is 2.59. The zero-order valence-electron chi connectivity index (χ0n) is 7.57. The van der Waals surface area contributed by atoms with Gasteiger partial charge in [-0.2, -0.15) is 0 Å². The Morgan fingerprint density at radius 2 is 2.54 bits per heavy atom. The Hall–Kier alpha value is -0.970. The molecule has 0 N–H and O–H groups in total. The molecule has 0 aromatic heterocycles. The topological polar surface area (TPSA) is 47.9 Å². The van der Waals surface area contributed by atoms with Crippen molar-refractivity contribution in [1.82, 2.24) is 0 Å². The zero-order valence-corrected chi connectivity index (χ0v) is 8.39. The van der Waals surface area contributed by atoms with E-state index in [1.54, 1.807) is 0 Å². The summed E-state index contributed by atoms with van der Waals surface area (Å²) < 4.78 is 9.72. The number of esters is 1. The van der Waals surface area contributed by atoms with Crippen molar-refractivity contribution in [3.05, 3.63) is 11.8 Å². The number of hydrogen-bond donors (Lipinski definition) is 0. The number of carbonyl (C=O) groups excluding carboxylic acids is 1. The highest BCUT2D eigenvalue weighted by atomic mass is 32.2. The molecule has 0 atom stereocenters. The van der Waals surface area contributed by atoms with Gasteiger partial charge in [-0.3, -0.25) is 0 Å². The third kappa shape index (κ3) is 2.77. The molecule has 0 unspecified atom stereocenters. The van der Waals surface area contributed by atoms with E-state index in [2.05, 4.69) is 9.73 Å². The molecule has 1 aliphatic heterocycles. The number of methoxy groups -OCH3 is 1. The Morgan fingerprint density at radius 3 is 3.00 bits per heavy atom. The monoisotopic (exact) mass is 201 g/mol. The van der Waals surface area contributed by atoms with Gasteiger partial charge in [-0.15, -0.1) is 0 Å². The van der Waals surface area contributed by atoms with E-state index < -0.39 is 0 Å². The van der Waals surface area contributed by atoms with Gasteiger partial charge in [-0.05, 0) is 6.92 Å². The second-order valence-corrected chi connectivity index (χ2v) is 3.19. The van der Waals surface area contributed by atoms with Gasteiger partial charge in [0.15, 0.2) is 0 Å². The minimum Gasteiger partial charge on any atom is -0.473 e. The minimum atomic E-state index is -0.327. The molecule has 0 aliphatic carbocycles. The summed E-state index contributed by atoms with van der Waals surface area (Å²) in [5.41, 5.74) is 0.566. The molecular formula is C8H11NO3S. The average molecular weight is 201 g/mol. The maximum Gasteiger partial charge on any atom is 0.336 e. The van der Waals surface area contributed by atoms with E-state index in [9.17, 15) is 4.79 Å². The summed E-state index contributed by atoms with van der Waals surface area (Å²) in [5, 5.41) is 0.607. The molecule has 0 fully saturated rings. The van der Waals surface area contributed by atoms with Crippen LogP contribution in [-0.4, -0.2) is 30.7 Å². The van der Waals surface area contributed by atoms with Crippen LogP contribution in [0.2, 0.25) is 0 Å². The molecule has 13 heavy (non-hydrogen) atoms. The summed E-state index contributed by atoms with van der Waals surface area (Å²) in [4.78, 5) is 15.0. The van der Waals surface area contributed by atoms with Crippen molar-refractivity contribution in [1.29, 1.82) is 0 Å². The van der Waals surface area contributed by atoms with E-state index in [4.69, 9.17) is 4.74 Å². The fourth-order valence-electron chi connectivity index (χ4n) is 0.790. The van der Waals surface area contributed by atoms with Crippen LogP contribution in [0.5, 0.6) is 0 Å². The maximum atomic E-state index is 11.0. The van der Waals surface area contributed by atoms with Crippen molar-refractivity contribution in [2.24, 2.45) is 4.99 Å². The fourth-order valence-corrected chi connectivity index (χ4v) is 1.59. The van der Waals surface area contributed by atoms with Crippen molar-refractivity contribution < 1.29 is 14.3 Å². The SMILES string of the molecule is CCOC1=NC=C(C(=O)OC)CS1. The second-order valence-electron chi connectivity index (χ2n) is 2.26. The first-order valence-electron chi connectivity index (χ1n) is 3.88. The summed E-state index contributed by atoms with van der Waals surface area (Å²) in [5.74, 6) is 0.234. The molecule has 0 radical (unpaired) electrons. The molecule has 0 aromatic rings. The zero-order chi connectivity index (χ0) is 9.68. The lowest BCUT2D eigenvalue weighted by molar-refractivity contribution is -0.135. The van der Waals surface area contributed by atoms with E-state index in [0.717, 1.165) is 0 Å². The predicted octanol–water partition coefficient (Wildman–Crippen LogP) is 1.18. The minimum absolute atomic E-state index is 0.327. The van der Waals surface area contributed by atoms with E-state index >= 15 is 0 Å². The van der Waals surface area contributed by atoms with Gasteiger partial charge in [0.1, 0.15) is 0 Å². The fraction of sp³-hybridized carbons (Fsp3) is 0.500. The highest BCUT2D eigenvalue weighted by molar-refractivity contribution is 8.13. The quantitative estimate of drug-likeness (QED) is 0.629. The average Bonchev–Trinajstić information content (AvgIpc) is 2.18. The summed E-state index contributed by atoms with van der Waals surface area (Å²) >= 11 is 1.40. The van der Waals surface area contributed by atoms with Crippen molar-refractivity contribution in [3.8, 4) is 0 Å². The number of rotatable bonds is 2. The summed E-state index contributed by atoms with van der Waals surface area (Å²) in [7, 11) is 1.36. The molecule has 0 aromatic carbocycles. The highest BCUT2D eigenvalue weighted by Crippen LogP contribution is 2.17. The molecule has 5 heteroatoms. The normalized spacial score (nSPS) is 15.8. The maximum absolute atomic E-state index is 11.0. The van der Waals surface area contributed by atoms with Crippen LogP contribution in [0.3, 0.4) is 0 Å². The van der Waals surface area contributed by atoms with E-state index in [1.807, 2.05) is 6.92 Å². The summed E-state index contributed by atoms with van der Waals surface area (Å²) in [6.07, 6.45) is 1.49. The van der Waals surface area contributed by atoms with Crippen molar-refractivity contribution >= 4 is 23.0 Å². The van der Waals surface area contributed by atoms with Crippen LogP contribution in [0, 0.1) is 0 Å². The molecule has 0 amide bonds. The Kier molecular flexibility index (Phi) is 3.82. The van der Waals surface area contributed by atoms with Crippen molar-refractivity contribution in [2.75, 3.05) is 19.5 Å². The predicted molar refractivity (Wildman–Crippen MR) is 51.6 cm³/mol. The number of nitrogens with zero attached hydrogens (tertiary/aromatic N) is 1. The van der Waals surface area contributed by atoms with Crippen LogP contribution in [-0.2, 0) is 14.3 Å². The third-order valence-electron chi connectivity index (χ3n) is 1.39.